The summed E-state index contributed by atoms with van der Waals surface area (Å²) in [6.07, 6.45) is 6.41. The monoisotopic (exact) mass is 419 g/mol. The second kappa shape index (κ2) is 10.2. The molecule has 0 radical (unpaired) electrons. The van der Waals surface area contributed by atoms with Gasteiger partial charge in [0, 0.05) is 11.1 Å². The number of carbonyl (C=O) groups is 1. The van der Waals surface area contributed by atoms with Gasteiger partial charge in [-0.1, -0.05) is 60.2 Å². The lowest BCUT2D eigenvalue weighted by atomic mass is 10.1. The highest BCUT2D eigenvalue weighted by Crippen LogP contribution is 2.21. The number of nitro groups is 1. The molecular formula is C24H18ClNO4. The number of nitrogens with zero attached hydrogens (tertiary/aromatic N) is 1. The van der Waals surface area contributed by atoms with E-state index in [-0.39, 0.29) is 18.1 Å². The number of ether oxygens (including phenoxy) is 1. The SMILES string of the molecule is O=C(/C=C/c1ccc(Cl)cc1)/C=C/c1ccc(OCc2ccccc2[N+](=O)[O-])cc1. The molecule has 0 N–H and O–H groups in total. The average Bonchev–Trinajstić information content (AvgIpc) is 2.76. The quantitative estimate of drug-likeness (QED) is 0.250. The number of benzene rings is 3. The van der Waals surface area contributed by atoms with Gasteiger partial charge in [-0.2, -0.15) is 0 Å². The summed E-state index contributed by atoms with van der Waals surface area (Å²) in [6.45, 7) is 0.0975. The van der Waals surface area contributed by atoms with E-state index < -0.39 is 4.92 Å². The van der Waals surface area contributed by atoms with Crippen molar-refractivity contribution in [3.8, 4) is 5.75 Å². The van der Waals surface area contributed by atoms with Gasteiger partial charge in [-0.15, -0.1) is 0 Å². The molecule has 3 aromatic rings. The van der Waals surface area contributed by atoms with Crippen molar-refractivity contribution in [1.82, 2.24) is 0 Å². The number of nitro benzene ring substituents is 1. The predicted molar refractivity (Wildman–Crippen MR) is 118 cm³/mol. The van der Waals surface area contributed by atoms with E-state index in [2.05, 4.69) is 0 Å². The van der Waals surface area contributed by atoms with Gasteiger partial charge in [-0.05, 0) is 53.6 Å². The van der Waals surface area contributed by atoms with Crippen LogP contribution in [0.4, 0.5) is 5.69 Å². The van der Waals surface area contributed by atoms with Crippen molar-refractivity contribution in [3.05, 3.63) is 117 Å². The van der Waals surface area contributed by atoms with Crippen LogP contribution < -0.4 is 4.74 Å². The van der Waals surface area contributed by atoms with Crippen molar-refractivity contribution in [3.63, 3.8) is 0 Å². The maximum atomic E-state index is 12.0. The first kappa shape index (κ1) is 21.0. The fraction of sp³-hybridized carbons (Fsp3) is 0.0417. The van der Waals surface area contributed by atoms with E-state index in [1.165, 1.54) is 18.2 Å². The van der Waals surface area contributed by atoms with Crippen molar-refractivity contribution >= 4 is 35.2 Å². The van der Waals surface area contributed by atoms with Gasteiger partial charge in [-0.3, -0.25) is 14.9 Å². The second-order valence-corrected chi connectivity index (χ2v) is 6.80. The smallest absolute Gasteiger partial charge is 0.276 e. The van der Waals surface area contributed by atoms with E-state index >= 15 is 0 Å². The van der Waals surface area contributed by atoms with Crippen molar-refractivity contribution in [1.29, 1.82) is 0 Å². The molecule has 0 spiro atoms. The van der Waals surface area contributed by atoms with E-state index in [0.29, 0.717) is 16.3 Å². The summed E-state index contributed by atoms with van der Waals surface area (Å²) in [7, 11) is 0. The van der Waals surface area contributed by atoms with Crippen molar-refractivity contribution in [2.24, 2.45) is 0 Å². The predicted octanol–water partition coefficient (Wildman–Crippen LogP) is 6.12. The summed E-state index contributed by atoms with van der Waals surface area (Å²) in [5.74, 6) is 0.445. The molecule has 5 nitrogen and oxygen atoms in total. The maximum Gasteiger partial charge on any atom is 0.276 e. The molecule has 0 aliphatic heterocycles. The molecule has 0 aromatic heterocycles. The standard InChI is InChI=1S/C24H18ClNO4/c25-21-11-5-18(6-12-21)7-13-22(27)14-8-19-9-15-23(16-10-19)30-17-20-3-1-2-4-24(20)26(28)29/h1-16H,17H2/b13-7+,14-8+. The molecule has 0 saturated carbocycles. The summed E-state index contributed by atoms with van der Waals surface area (Å²) in [4.78, 5) is 22.6. The first-order valence-corrected chi connectivity index (χ1v) is 9.50. The van der Waals surface area contributed by atoms with Crippen LogP contribution in [0.2, 0.25) is 5.02 Å². The molecule has 30 heavy (non-hydrogen) atoms. The van der Waals surface area contributed by atoms with Crippen LogP contribution in [-0.4, -0.2) is 10.7 Å². The molecule has 150 valence electrons. The van der Waals surface area contributed by atoms with Crippen molar-refractivity contribution < 1.29 is 14.5 Å². The minimum atomic E-state index is -0.426. The molecule has 0 aliphatic rings. The highest BCUT2D eigenvalue weighted by molar-refractivity contribution is 6.30. The molecule has 0 heterocycles. The van der Waals surface area contributed by atoms with E-state index in [1.54, 1.807) is 66.7 Å². The Bertz CT molecular complexity index is 1090. The van der Waals surface area contributed by atoms with E-state index in [1.807, 2.05) is 12.1 Å². The topological polar surface area (TPSA) is 69.4 Å². The molecule has 6 heteroatoms. The summed E-state index contributed by atoms with van der Waals surface area (Å²) in [5, 5.41) is 11.7. The number of carbonyl (C=O) groups excluding carboxylic acids is 1. The highest BCUT2D eigenvalue weighted by Gasteiger charge is 2.12. The minimum absolute atomic E-state index is 0.0298. The Morgan fingerprint density at radius 1 is 0.900 bits per heavy atom. The normalized spacial score (nSPS) is 11.1. The lowest BCUT2D eigenvalue weighted by molar-refractivity contribution is -0.385. The Morgan fingerprint density at radius 3 is 2.07 bits per heavy atom. The fourth-order valence-electron chi connectivity index (χ4n) is 2.63. The third-order valence-corrected chi connectivity index (χ3v) is 4.46. The van der Waals surface area contributed by atoms with Crippen molar-refractivity contribution in [2.45, 2.75) is 6.61 Å². The van der Waals surface area contributed by atoms with Gasteiger partial charge in [0.25, 0.3) is 5.69 Å². The van der Waals surface area contributed by atoms with Gasteiger partial charge in [0.05, 0.1) is 10.5 Å². The zero-order chi connectivity index (χ0) is 21.3. The van der Waals surface area contributed by atoms with Crippen LogP contribution in [0.1, 0.15) is 16.7 Å². The third kappa shape index (κ3) is 6.15. The van der Waals surface area contributed by atoms with E-state index in [9.17, 15) is 14.9 Å². The summed E-state index contributed by atoms with van der Waals surface area (Å²) in [6, 6.07) is 20.8. The van der Waals surface area contributed by atoms with Crippen LogP contribution in [0.25, 0.3) is 12.2 Å². The number of halogens is 1. The number of hydrogen-bond donors (Lipinski definition) is 0. The van der Waals surface area contributed by atoms with Crippen LogP contribution in [0.15, 0.2) is 84.9 Å². The van der Waals surface area contributed by atoms with Crippen LogP contribution in [-0.2, 0) is 11.4 Å². The molecular weight excluding hydrogens is 402 g/mol. The third-order valence-electron chi connectivity index (χ3n) is 4.21. The molecule has 0 saturated heterocycles. The van der Waals surface area contributed by atoms with Crippen LogP contribution >= 0.6 is 11.6 Å². The molecule has 0 aliphatic carbocycles. The Kier molecular flexibility index (Phi) is 7.14. The summed E-state index contributed by atoms with van der Waals surface area (Å²) in [5.41, 5.74) is 2.26. The molecule has 0 unspecified atom stereocenters. The molecule has 3 rings (SSSR count). The zero-order valence-corrected chi connectivity index (χ0v) is 16.7. The molecule has 0 fully saturated rings. The molecule has 0 bridgehead atoms. The highest BCUT2D eigenvalue weighted by atomic mass is 35.5. The summed E-state index contributed by atoms with van der Waals surface area (Å²) >= 11 is 5.84. The number of hydrogen-bond acceptors (Lipinski definition) is 4. The second-order valence-electron chi connectivity index (χ2n) is 6.36. The molecule has 3 aromatic carbocycles. The summed E-state index contributed by atoms with van der Waals surface area (Å²) < 4.78 is 5.64. The lowest BCUT2D eigenvalue weighted by Crippen LogP contribution is -2.00. The van der Waals surface area contributed by atoms with Gasteiger partial charge in [0.1, 0.15) is 12.4 Å². The number of allylic oxidation sites excluding steroid dienone is 2. The first-order valence-electron chi connectivity index (χ1n) is 9.12. The minimum Gasteiger partial charge on any atom is -0.489 e. The number of rotatable bonds is 8. The first-order chi connectivity index (χ1) is 14.5. The van der Waals surface area contributed by atoms with E-state index in [0.717, 1.165) is 11.1 Å². The Morgan fingerprint density at radius 2 is 1.47 bits per heavy atom. The van der Waals surface area contributed by atoms with Gasteiger partial charge in [0.2, 0.25) is 0 Å². The van der Waals surface area contributed by atoms with Gasteiger partial charge >= 0.3 is 0 Å². The lowest BCUT2D eigenvalue weighted by Gasteiger charge is -2.07. The molecule has 0 atom stereocenters. The zero-order valence-electron chi connectivity index (χ0n) is 15.9. The number of para-hydroxylation sites is 1. The number of ketones is 1. The maximum absolute atomic E-state index is 12.0. The largest absolute Gasteiger partial charge is 0.489 e. The molecule has 0 amide bonds. The van der Waals surface area contributed by atoms with Gasteiger partial charge in [-0.25, -0.2) is 0 Å². The van der Waals surface area contributed by atoms with Crippen LogP contribution in [0, 0.1) is 10.1 Å². The van der Waals surface area contributed by atoms with Gasteiger partial charge < -0.3 is 4.74 Å². The average molecular weight is 420 g/mol. The Balaban J connectivity index is 1.56. The van der Waals surface area contributed by atoms with Crippen LogP contribution in [0.3, 0.4) is 0 Å². The fourth-order valence-corrected chi connectivity index (χ4v) is 2.76. The Hall–Kier alpha value is -3.70. The Labute approximate surface area is 179 Å². The van der Waals surface area contributed by atoms with Crippen molar-refractivity contribution in [2.75, 3.05) is 0 Å². The van der Waals surface area contributed by atoms with Gasteiger partial charge in [0.15, 0.2) is 5.78 Å². The van der Waals surface area contributed by atoms with Crippen LogP contribution in [0.5, 0.6) is 5.75 Å². The van der Waals surface area contributed by atoms with E-state index in [4.69, 9.17) is 16.3 Å².